The Balaban J connectivity index is 1.67. The summed E-state index contributed by atoms with van der Waals surface area (Å²) in [5.41, 5.74) is 12.5. The molecule has 3 aromatic rings. The first kappa shape index (κ1) is 32.8. The number of nitrogens with zero attached hydrogens (tertiary/aromatic N) is 5. The van der Waals surface area contributed by atoms with Crippen molar-refractivity contribution in [2.75, 3.05) is 34.8 Å². The molecule has 4 rings (SSSR count). The van der Waals surface area contributed by atoms with Crippen molar-refractivity contribution in [3.05, 3.63) is 118 Å². The van der Waals surface area contributed by atoms with Crippen molar-refractivity contribution >= 4 is 7.67 Å². The van der Waals surface area contributed by atoms with Gasteiger partial charge in [0.15, 0.2) is 6.29 Å². The molecule has 0 aromatic heterocycles. The summed E-state index contributed by atoms with van der Waals surface area (Å²) in [6.07, 6.45) is -3.45. The lowest BCUT2D eigenvalue weighted by atomic mass is 9.96. The zero-order chi connectivity index (χ0) is 30.7. The van der Waals surface area contributed by atoms with Gasteiger partial charge < -0.3 is 18.9 Å². The Morgan fingerprint density at radius 3 is 1.70 bits per heavy atom. The smallest absolute Gasteiger partial charge is 0.347 e. The highest BCUT2D eigenvalue weighted by molar-refractivity contribution is 7.53. The standard InChI is InChI=1S/C31H40N5O6P/c1-35(2)43(37,36(3)4)42-31-28(33-34-32)30(40-22-26-18-12-7-13-19-26)29(39-21-25-16-10-6-11-17-25)27(41-31)23-38-20-24-14-8-5-9-15-24/h5-19,27-31H,20-23H2,1-4H3/t27-,28-,29-,30-,31-/m1/s1. The normalized spacial score (nSPS) is 22.4. The molecule has 12 heteroatoms. The Labute approximate surface area is 253 Å². The van der Waals surface area contributed by atoms with Crippen LogP contribution in [0.3, 0.4) is 0 Å². The van der Waals surface area contributed by atoms with E-state index in [-0.39, 0.29) is 19.8 Å². The molecule has 0 N–H and O–H groups in total. The zero-order valence-corrected chi connectivity index (χ0v) is 25.9. The lowest BCUT2D eigenvalue weighted by Gasteiger charge is -2.46. The second kappa shape index (κ2) is 16.1. The second-order valence-electron chi connectivity index (χ2n) is 10.6. The van der Waals surface area contributed by atoms with E-state index in [2.05, 4.69) is 10.0 Å². The van der Waals surface area contributed by atoms with Crippen LogP contribution in [0.25, 0.3) is 10.4 Å². The van der Waals surface area contributed by atoms with Gasteiger partial charge in [0.1, 0.15) is 24.4 Å². The number of ether oxygens (including phenoxy) is 4. The SMILES string of the molecule is CN(C)P(=O)(O[C@H]1O[C@H](COCc2ccccc2)[C@@H](OCc2ccccc2)[C@H](OCc2ccccc2)[C@H]1N=[N+]=[N-])N(C)C. The first-order chi connectivity index (χ1) is 20.8. The maximum absolute atomic E-state index is 13.9. The van der Waals surface area contributed by atoms with Crippen LogP contribution >= 0.6 is 7.67 Å². The highest BCUT2D eigenvalue weighted by atomic mass is 31.2. The number of benzene rings is 3. The molecule has 43 heavy (non-hydrogen) atoms. The zero-order valence-electron chi connectivity index (χ0n) is 25.0. The lowest BCUT2D eigenvalue weighted by molar-refractivity contribution is -0.267. The summed E-state index contributed by atoms with van der Waals surface area (Å²) in [6.45, 7) is 0.951. The van der Waals surface area contributed by atoms with E-state index in [0.29, 0.717) is 6.61 Å². The Morgan fingerprint density at radius 1 is 0.767 bits per heavy atom. The average Bonchev–Trinajstić information content (AvgIpc) is 3.02. The highest BCUT2D eigenvalue weighted by Gasteiger charge is 2.50. The van der Waals surface area contributed by atoms with E-state index in [9.17, 15) is 10.1 Å². The van der Waals surface area contributed by atoms with Gasteiger partial charge in [-0.1, -0.05) is 96.1 Å². The van der Waals surface area contributed by atoms with Gasteiger partial charge in [-0.2, -0.15) is 0 Å². The van der Waals surface area contributed by atoms with Gasteiger partial charge in [-0.15, -0.1) is 0 Å². The third-order valence-corrected chi connectivity index (χ3v) is 9.52. The van der Waals surface area contributed by atoms with Crippen LogP contribution < -0.4 is 0 Å². The van der Waals surface area contributed by atoms with Gasteiger partial charge in [-0.3, -0.25) is 9.09 Å². The van der Waals surface area contributed by atoms with Crippen molar-refractivity contribution in [1.29, 1.82) is 0 Å². The predicted octanol–water partition coefficient (Wildman–Crippen LogP) is 6.03. The summed E-state index contributed by atoms with van der Waals surface area (Å²) in [5, 5.41) is 4.06. The first-order valence-electron chi connectivity index (χ1n) is 14.1. The quantitative estimate of drug-likeness (QED) is 0.0888. The van der Waals surface area contributed by atoms with Gasteiger partial charge in [-0.25, -0.2) is 9.34 Å². The fraction of sp³-hybridized carbons (Fsp3) is 0.419. The van der Waals surface area contributed by atoms with E-state index < -0.39 is 38.3 Å². The molecule has 1 heterocycles. The maximum Gasteiger partial charge on any atom is 0.347 e. The van der Waals surface area contributed by atoms with Gasteiger partial charge in [0, 0.05) is 4.91 Å². The maximum atomic E-state index is 13.9. The molecule has 0 bridgehead atoms. The minimum atomic E-state index is -3.56. The summed E-state index contributed by atoms with van der Waals surface area (Å²) in [7, 11) is 3.06. The van der Waals surface area contributed by atoms with Crippen molar-refractivity contribution in [3.8, 4) is 0 Å². The Morgan fingerprint density at radius 2 is 1.23 bits per heavy atom. The van der Waals surface area contributed by atoms with Gasteiger partial charge in [0.25, 0.3) is 0 Å². The largest absolute Gasteiger partial charge is 0.374 e. The third-order valence-electron chi connectivity index (χ3n) is 7.02. The number of rotatable bonds is 15. The van der Waals surface area contributed by atoms with Crippen LogP contribution in [0.4, 0.5) is 0 Å². The van der Waals surface area contributed by atoms with E-state index >= 15 is 0 Å². The van der Waals surface area contributed by atoms with Crippen LogP contribution in [0, 0.1) is 0 Å². The molecule has 0 unspecified atom stereocenters. The lowest BCUT2D eigenvalue weighted by Crippen LogP contribution is -2.60. The van der Waals surface area contributed by atoms with Crippen LogP contribution in [-0.4, -0.2) is 74.8 Å². The van der Waals surface area contributed by atoms with E-state index in [0.717, 1.165) is 16.7 Å². The molecule has 0 amide bonds. The van der Waals surface area contributed by atoms with Gasteiger partial charge in [-0.05, 0) is 50.4 Å². The van der Waals surface area contributed by atoms with Crippen molar-refractivity contribution < 1.29 is 28.0 Å². The van der Waals surface area contributed by atoms with E-state index in [1.165, 1.54) is 9.34 Å². The third kappa shape index (κ3) is 8.97. The van der Waals surface area contributed by atoms with Crippen LogP contribution in [0.5, 0.6) is 0 Å². The summed E-state index contributed by atoms with van der Waals surface area (Å²) >= 11 is 0. The molecular formula is C31H40N5O6P. The molecule has 1 saturated heterocycles. The number of hydrogen-bond acceptors (Lipinski definition) is 7. The van der Waals surface area contributed by atoms with Gasteiger partial charge >= 0.3 is 7.67 Å². The molecule has 230 valence electrons. The molecule has 3 aromatic carbocycles. The van der Waals surface area contributed by atoms with Crippen LogP contribution in [-0.2, 0) is 47.9 Å². The van der Waals surface area contributed by atoms with Crippen molar-refractivity contribution in [1.82, 2.24) is 9.34 Å². The van der Waals surface area contributed by atoms with Crippen molar-refractivity contribution in [3.63, 3.8) is 0 Å². The minimum absolute atomic E-state index is 0.122. The molecular weight excluding hydrogens is 569 g/mol. The number of azide groups is 1. The Hall–Kier alpha value is -3.08. The first-order valence-corrected chi connectivity index (χ1v) is 15.6. The Bertz CT molecular complexity index is 1330. The Kier molecular flexibility index (Phi) is 12.3. The van der Waals surface area contributed by atoms with Crippen molar-refractivity contribution in [2.24, 2.45) is 5.11 Å². The van der Waals surface area contributed by atoms with E-state index in [4.69, 9.17) is 23.5 Å². The van der Waals surface area contributed by atoms with E-state index in [1.807, 2.05) is 91.0 Å². The fourth-order valence-corrected chi connectivity index (χ4v) is 6.31. The second-order valence-corrected chi connectivity index (χ2v) is 13.3. The molecule has 5 atom stereocenters. The molecule has 11 nitrogen and oxygen atoms in total. The van der Waals surface area contributed by atoms with Crippen LogP contribution in [0.15, 0.2) is 96.1 Å². The predicted molar refractivity (Wildman–Crippen MR) is 164 cm³/mol. The molecule has 1 fully saturated rings. The van der Waals surface area contributed by atoms with Gasteiger partial charge in [0.05, 0.1) is 26.4 Å². The number of hydrogen-bond donors (Lipinski definition) is 0. The average molecular weight is 610 g/mol. The summed E-state index contributed by atoms with van der Waals surface area (Å²) in [5.74, 6) is 0. The topological polar surface area (TPSA) is 118 Å². The molecule has 0 radical (unpaired) electrons. The highest BCUT2D eigenvalue weighted by Crippen LogP contribution is 2.53. The van der Waals surface area contributed by atoms with Crippen LogP contribution in [0.1, 0.15) is 16.7 Å². The minimum Gasteiger partial charge on any atom is -0.374 e. The van der Waals surface area contributed by atoms with Crippen molar-refractivity contribution in [2.45, 2.75) is 50.5 Å². The summed E-state index contributed by atoms with van der Waals surface area (Å²) < 4.78 is 48.6. The van der Waals surface area contributed by atoms with E-state index in [1.54, 1.807) is 28.2 Å². The monoisotopic (exact) mass is 609 g/mol. The summed E-state index contributed by atoms with van der Waals surface area (Å²) in [4.78, 5) is 3.10. The molecule has 0 aliphatic carbocycles. The molecule has 0 saturated carbocycles. The molecule has 1 aliphatic rings. The summed E-state index contributed by atoms with van der Waals surface area (Å²) in [6, 6.07) is 28.2. The van der Waals surface area contributed by atoms with Gasteiger partial charge in [0.2, 0.25) is 0 Å². The molecule has 0 spiro atoms. The fourth-order valence-electron chi connectivity index (χ4n) is 4.77. The molecule has 1 aliphatic heterocycles. The van der Waals surface area contributed by atoms with Crippen LogP contribution in [0.2, 0.25) is 0 Å².